The first kappa shape index (κ1) is 30.3. The minimum absolute atomic E-state index is 0.0339. The van der Waals surface area contributed by atoms with E-state index in [1.807, 2.05) is 13.8 Å². The van der Waals surface area contributed by atoms with Gasteiger partial charge in [-0.15, -0.1) is 0 Å². The first-order valence-electron chi connectivity index (χ1n) is 15.4. The summed E-state index contributed by atoms with van der Waals surface area (Å²) in [6.07, 6.45) is 9.48. The maximum atomic E-state index is 14.1. The Balaban J connectivity index is 1.79. The molecule has 5 nitrogen and oxygen atoms in total. The number of hydrogen-bond donors (Lipinski definition) is 2. The largest absolute Gasteiger partial charge is 0.394 e. The number of allylic oxidation sites excluding steroid dienone is 1. The van der Waals surface area contributed by atoms with Crippen molar-refractivity contribution < 1.29 is 14.7 Å². The summed E-state index contributed by atoms with van der Waals surface area (Å²) in [6.45, 7) is 21.7. The molecule has 0 aromatic carbocycles. The van der Waals surface area contributed by atoms with Crippen molar-refractivity contribution in [3.8, 4) is 6.07 Å². The van der Waals surface area contributed by atoms with Crippen molar-refractivity contribution in [2.75, 3.05) is 6.61 Å². The molecule has 0 saturated heterocycles. The van der Waals surface area contributed by atoms with Crippen molar-refractivity contribution in [3.05, 3.63) is 12.2 Å². The summed E-state index contributed by atoms with van der Waals surface area (Å²) in [6, 6.07) is 2.55. The Morgan fingerprint density at radius 2 is 1.72 bits per heavy atom. The van der Waals surface area contributed by atoms with E-state index in [-0.39, 0.29) is 40.6 Å². The van der Waals surface area contributed by atoms with E-state index in [2.05, 4.69) is 59.5 Å². The van der Waals surface area contributed by atoms with Crippen LogP contribution in [0.1, 0.15) is 113 Å². The quantitative estimate of drug-likeness (QED) is 0.274. The zero-order valence-corrected chi connectivity index (χ0v) is 26.0. The SMILES string of the molecule is C=C(C)[C@@H]1CCC2(C(=O)NC(C)(C)CO)CC[C@]3(C)C(CCC4[C@@](C)(CC#N)C(C(C)(C)C=O)CC[C@]43C)C12. The van der Waals surface area contributed by atoms with Gasteiger partial charge in [0.15, 0.2) is 0 Å². The topological polar surface area (TPSA) is 90.2 Å². The van der Waals surface area contributed by atoms with Crippen LogP contribution in [0.3, 0.4) is 0 Å². The maximum absolute atomic E-state index is 14.1. The highest BCUT2D eigenvalue weighted by Crippen LogP contribution is 2.76. The maximum Gasteiger partial charge on any atom is 0.227 e. The van der Waals surface area contributed by atoms with Gasteiger partial charge in [-0.05, 0) is 118 Å². The van der Waals surface area contributed by atoms with Crippen molar-refractivity contribution in [1.82, 2.24) is 5.32 Å². The fourth-order valence-electron chi connectivity index (χ4n) is 11.1. The third-order valence-corrected chi connectivity index (χ3v) is 13.3. The molecule has 0 aliphatic heterocycles. The van der Waals surface area contributed by atoms with E-state index in [1.165, 1.54) is 5.57 Å². The molecule has 5 unspecified atom stereocenters. The molecule has 218 valence electrons. The van der Waals surface area contributed by atoms with Crippen LogP contribution in [0.5, 0.6) is 0 Å². The van der Waals surface area contributed by atoms with Crippen LogP contribution < -0.4 is 5.32 Å². The van der Waals surface area contributed by atoms with Crippen molar-refractivity contribution in [3.63, 3.8) is 0 Å². The third-order valence-electron chi connectivity index (χ3n) is 13.3. The Bertz CT molecular complexity index is 1060. The van der Waals surface area contributed by atoms with Crippen LogP contribution in [0.15, 0.2) is 12.2 Å². The summed E-state index contributed by atoms with van der Waals surface area (Å²) in [5, 5.41) is 23.2. The van der Waals surface area contributed by atoms with E-state index in [0.717, 1.165) is 57.7 Å². The van der Waals surface area contributed by atoms with E-state index >= 15 is 0 Å². The number of aliphatic hydroxyl groups excluding tert-OH is 1. The Hall–Kier alpha value is -1.67. The molecular weight excluding hydrogens is 484 g/mol. The standard InChI is InChI=1S/C34H54N2O3/c1-22(2)23-12-15-34(28(39)36-30(5,6)21-38)17-16-32(8)24(27(23)34)10-11-26-31(7,18-19-35)25(29(3,4)20-37)13-14-33(26,32)9/h20,23-27,38H,1,10-18,21H2,2-9H3,(H,36,39)/t23-,24?,25?,26?,27?,31-,32+,33+,34?/m0/s1. The molecule has 9 atom stereocenters. The molecule has 4 fully saturated rings. The average Bonchev–Trinajstić information content (AvgIpc) is 3.26. The lowest BCUT2D eigenvalue weighted by atomic mass is 9.33. The van der Waals surface area contributed by atoms with Gasteiger partial charge in [0.1, 0.15) is 6.29 Å². The summed E-state index contributed by atoms with van der Waals surface area (Å²) in [5.74, 6) is 1.64. The molecule has 4 saturated carbocycles. The number of nitrogens with zero attached hydrogens (tertiary/aromatic N) is 1. The lowest BCUT2D eigenvalue weighted by molar-refractivity contribution is -0.225. The van der Waals surface area contributed by atoms with Crippen LogP contribution in [-0.2, 0) is 9.59 Å². The summed E-state index contributed by atoms with van der Waals surface area (Å²) in [7, 11) is 0. The van der Waals surface area contributed by atoms with Crippen molar-refractivity contribution in [2.24, 2.45) is 56.7 Å². The number of fused-ring (bicyclic) bond motifs is 5. The monoisotopic (exact) mass is 538 g/mol. The molecule has 4 aliphatic carbocycles. The number of hydrogen-bond acceptors (Lipinski definition) is 4. The predicted octanol–water partition coefficient (Wildman–Crippen LogP) is 6.85. The van der Waals surface area contributed by atoms with E-state index in [4.69, 9.17) is 0 Å². The molecule has 0 spiro atoms. The molecular formula is C34H54N2O3. The number of aliphatic hydroxyl groups is 1. The molecule has 1 amide bonds. The van der Waals surface area contributed by atoms with Gasteiger partial charge in [-0.2, -0.15) is 5.26 Å². The molecule has 0 radical (unpaired) electrons. The summed E-state index contributed by atoms with van der Waals surface area (Å²) in [5.41, 5.74) is -0.477. The van der Waals surface area contributed by atoms with Crippen molar-refractivity contribution in [1.29, 1.82) is 5.26 Å². The Morgan fingerprint density at radius 1 is 1.05 bits per heavy atom. The molecule has 0 aromatic heterocycles. The normalized spacial score (nSPS) is 43.8. The van der Waals surface area contributed by atoms with Crippen LogP contribution in [0.25, 0.3) is 0 Å². The van der Waals surface area contributed by atoms with E-state index in [0.29, 0.717) is 24.2 Å². The molecule has 0 heterocycles. The first-order valence-corrected chi connectivity index (χ1v) is 15.4. The van der Waals surface area contributed by atoms with Gasteiger partial charge in [0.05, 0.1) is 23.6 Å². The van der Waals surface area contributed by atoms with E-state index < -0.39 is 16.4 Å². The van der Waals surface area contributed by atoms with Crippen molar-refractivity contribution >= 4 is 12.2 Å². The molecule has 4 aliphatic rings. The fourth-order valence-corrected chi connectivity index (χ4v) is 11.1. The first-order chi connectivity index (χ1) is 18.0. The van der Waals surface area contributed by atoms with Crippen LogP contribution in [0.4, 0.5) is 0 Å². The Kier molecular flexibility index (Phi) is 7.54. The number of amides is 1. The Labute approximate surface area is 237 Å². The number of nitriles is 1. The average molecular weight is 539 g/mol. The van der Waals surface area contributed by atoms with Crippen molar-refractivity contribution in [2.45, 2.75) is 119 Å². The molecule has 5 heteroatoms. The molecule has 4 rings (SSSR count). The second kappa shape index (κ2) is 9.71. The number of aldehydes is 1. The zero-order valence-electron chi connectivity index (χ0n) is 26.0. The summed E-state index contributed by atoms with van der Waals surface area (Å²) < 4.78 is 0. The van der Waals surface area contributed by atoms with Gasteiger partial charge in [0, 0.05) is 11.8 Å². The lowest BCUT2D eigenvalue weighted by Crippen LogP contribution is -2.66. The third kappa shape index (κ3) is 4.25. The van der Waals surface area contributed by atoms with E-state index in [1.54, 1.807) is 0 Å². The Morgan fingerprint density at radius 3 is 2.28 bits per heavy atom. The van der Waals surface area contributed by atoms with Crippen LogP contribution >= 0.6 is 0 Å². The number of nitrogens with one attached hydrogen (secondary N) is 1. The van der Waals surface area contributed by atoms with Gasteiger partial charge < -0.3 is 15.2 Å². The van der Waals surface area contributed by atoms with Crippen LogP contribution in [-0.4, -0.2) is 29.4 Å². The molecule has 39 heavy (non-hydrogen) atoms. The second-order valence-electron chi connectivity index (χ2n) is 16.1. The van der Waals surface area contributed by atoms with E-state index in [9.17, 15) is 20.0 Å². The summed E-state index contributed by atoms with van der Waals surface area (Å²) in [4.78, 5) is 26.4. The van der Waals surface area contributed by atoms with Gasteiger partial charge in [-0.3, -0.25) is 4.79 Å². The van der Waals surface area contributed by atoms with Gasteiger partial charge >= 0.3 is 0 Å². The highest BCUT2D eigenvalue weighted by molar-refractivity contribution is 5.84. The minimum atomic E-state index is -0.648. The highest BCUT2D eigenvalue weighted by atomic mass is 16.3. The smallest absolute Gasteiger partial charge is 0.227 e. The minimum Gasteiger partial charge on any atom is -0.394 e. The lowest BCUT2D eigenvalue weighted by Gasteiger charge is -2.71. The number of rotatable bonds is 7. The second-order valence-corrected chi connectivity index (χ2v) is 16.1. The molecule has 2 N–H and O–H groups in total. The zero-order chi connectivity index (χ0) is 29.2. The van der Waals surface area contributed by atoms with Gasteiger partial charge in [-0.1, -0.05) is 46.8 Å². The summed E-state index contributed by atoms with van der Waals surface area (Å²) >= 11 is 0. The number of carbonyl (C=O) groups excluding carboxylic acids is 2. The van der Waals surface area contributed by atoms with Crippen LogP contribution in [0, 0.1) is 68.0 Å². The van der Waals surface area contributed by atoms with Crippen LogP contribution in [0.2, 0.25) is 0 Å². The molecule has 0 bridgehead atoms. The molecule has 0 aromatic rings. The number of carbonyl (C=O) groups is 2. The predicted molar refractivity (Wildman–Crippen MR) is 155 cm³/mol. The highest BCUT2D eigenvalue weighted by Gasteiger charge is 2.71. The van der Waals surface area contributed by atoms with Gasteiger partial charge in [0.25, 0.3) is 0 Å². The van der Waals surface area contributed by atoms with Gasteiger partial charge in [-0.25, -0.2) is 0 Å². The van der Waals surface area contributed by atoms with Gasteiger partial charge in [0.2, 0.25) is 5.91 Å². The fraction of sp³-hybridized carbons (Fsp3) is 0.853.